The maximum atomic E-state index is 13.5. The SMILES string of the molecule is O=c1c2ccccc2nc(-c2cc3cc(Cl)ccc3o2)n1N=Cc1ccc(OCc2ccc3c(c2)OCO3)cc1. The molecule has 3 heterocycles. The fourth-order valence-corrected chi connectivity index (χ4v) is 4.67. The zero-order chi connectivity index (χ0) is 27.1. The Balaban J connectivity index is 1.17. The standard InChI is InChI=1S/C31H20ClN3O5/c32-22-8-12-26-21(14-22)15-29(40-26)30-34-25-4-2-1-3-24(25)31(36)35(30)33-16-19-5-9-23(10-6-19)37-17-20-7-11-27-28(13-20)39-18-38-27/h1-16H,17-18H2. The van der Waals surface area contributed by atoms with Crippen molar-refractivity contribution in [2.45, 2.75) is 6.61 Å². The average molecular weight is 550 g/mol. The number of halogens is 1. The number of furan rings is 1. The van der Waals surface area contributed by atoms with Gasteiger partial charge in [-0.15, -0.1) is 0 Å². The molecular formula is C31H20ClN3O5. The highest BCUT2D eigenvalue weighted by molar-refractivity contribution is 6.31. The van der Waals surface area contributed by atoms with Gasteiger partial charge in [-0.2, -0.15) is 9.78 Å². The molecule has 1 aliphatic heterocycles. The van der Waals surface area contributed by atoms with Crippen LogP contribution in [-0.4, -0.2) is 22.7 Å². The molecule has 4 aromatic carbocycles. The molecule has 0 atom stereocenters. The molecule has 0 unspecified atom stereocenters. The van der Waals surface area contributed by atoms with Crippen LogP contribution >= 0.6 is 11.6 Å². The molecule has 0 spiro atoms. The molecule has 0 bridgehead atoms. The molecule has 0 saturated carbocycles. The number of rotatable bonds is 6. The van der Waals surface area contributed by atoms with Crippen molar-refractivity contribution >= 4 is 39.7 Å². The number of hydrogen-bond acceptors (Lipinski definition) is 7. The van der Waals surface area contributed by atoms with Gasteiger partial charge in [0.05, 0.1) is 17.1 Å². The van der Waals surface area contributed by atoms with E-state index in [2.05, 4.69) is 5.10 Å². The molecule has 0 radical (unpaired) electrons. The Kier molecular flexibility index (Phi) is 5.94. The van der Waals surface area contributed by atoms with Gasteiger partial charge in [-0.25, -0.2) is 4.98 Å². The molecule has 7 rings (SSSR count). The molecule has 0 N–H and O–H groups in total. The summed E-state index contributed by atoms with van der Waals surface area (Å²) in [5.41, 5.74) is 2.63. The topological polar surface area (TPSA) is 88.1 Å². The second-order valence-electron chi connectivity index (χ2n) is 9.15. The van der Waals surface area contributed by atoms with Gasteiger partial charge in [0.15, 0.2) is 17.3 Å². The second-order valence-corrected chi connectivity index (χ2v) is 9.59. The van der Waals surface area contributed by atoms with E-state index in [1.807, 2.05) is 48.5 Å². The first-order chi connectivity index (χ1) is 19.6. The summed E-state index contributed by atoms with van der Waals surface area (Å²) < 4.78 is 24.0. The third-order valence-electron chi connectivity index (χ3n) is 6.50. The van der Waals surface area contributed by atoms with Gasteiger partial charge in [-0.1, -0.05) is 29.8 Å². The minimum atomic E-state index is -0.306. The van der Waals surface area contributed by atoms with Crippen molar-refractivity contribution in [3.63, 3.8) is 0 Å². The summed E-state index contributed by atoms with van der Waals surface area (Å²) >= 11 is 6.15. The summed E-state index contributed by atoms with van der Waals surface area (Å²) in [6.07, 6.45) is 1.60. The molecule has 8 nitrogen and oxygen atoms in total. The van der Waals surface area contributed by atoms with E-state index in [0.717, 1.165) is 28.0 Å². The third kappa shape index (κ3) is 4.54. The minimum Gasteiger partial charge on any atom is -0.489 e. The Hall–Kier alpha value is -5.08. The van der Waals surface area contributed by atoms with E-state index in [9.17, 15) is 4.79 Å². The summed E-state index contributed by atoms with van der Waals surface area (Å²) in [6, 6.07) is 27.4. The Morgan fingerprint density at radius 3 is 2.70 bits per heavy atom. The van der Waals surface area contributed by atoms with Crippen LogP contribution < -0.4 is 19.8 Å². The summed E-state index contributed by atoms with van der Waals surface area (Å²) in [6.45, 7) is 0.618. The highest BCUT2D eigenvalue weighted by Gasteiger charge is 2.17. The number of hydrogen-bond donors (Lipinski definition) is 0. The first-order valence-corrected chi connectivity index (χ1v) is 12.9. The maximum absolute atomic E-state index is 13.5. The van der Waals surface area contributed by atoms with Crippen LogP contribution in [0.15, 0.2) is 105 Å². The normalized spacial score (nSPS) is 12.5. The van der Waals surface area contributed by atoms with Crippen LogP contribution in [0.1, 0.15) is 11.1 Å². The second kappa shape index (κ2) is 9.91. The molecule has 1 aliphatic rings. The number of benzene rings is 4. The van der Waals surface area contributed by atoms with E-state index in [1.54, 1.807) is 48.7 Å². The van der Waals surface area contributed by atoms with E-state index < -0.39 is 0 Å². The minimum absolute atomic E-state index is 0.235. The van der Waals surface area contributed by atoms with Crippen molar-refractivity contribution in [2.75, 3.05) is 6.79 Å². The van der Waals surface area contributed by atoms with E-state index in [-0.39, 0.29) is 18.2 Å². The molecule has 0 aliphatic carbocycles. The summed E-state index contributed by atoms with van der Waals surface area (Å²) in [5.74, 6) is 2.85. The van der Waals surface area contributed by atoms with Crippen LogP contribution in [0.3, 0.4) is 0 Å². The van der Waals surface area contributed by atoms with Crippen molar-refractivity contribution in [1.29, 1.82) is 0 Å². The quantitative estimate of drug-likeness (QED) is 0.216. The van der Waals surface area contributed by atoms with Crippen molar-refractivity contribution in [3.05, 3.63) is 117 Å². The van der Waals surface area contributed by atoms with Crippen molar-refractivity contribution in [1.82, 2.24) is 9.66 Å². The number of aromatic nitrogens is 2. The predicted molar refractivity (Wildman–Crippen MR) is 153 cm³/mol. The molecule has 196 valence electrons. The zero-order valence-corrected chi connectivity index (χ0v) is 21.7. The first-order valence-electron chi connectivity index (χ1n) is 12.5. The largest absolute Gasteiger partial charge is 0.489 e. The van der Waals surface area contributed by atoms with E-state index >= 15 is 0 Å². The first kappa shape index (κ1) is 24.0. The van der Waals surface area contributed by atoms with E-state index in [4.69, 9.17) is 35.2 Å². The number of nitrogens with zero attached hydrogens (tertiary/aromatic N) is 3. The molecule has 0 saturated heterocycles. The van der Waals surface area contributed by atoms with Gasteiger partial charge < -0.3 is 18.6 Å². The Morgan fingerprint density at radius 2 is 1.80 bits per heavy atom. The summed E-state index contributed by atoms with van der Waals surface area (Å²) in [7, 11) is 0. The van der Waals surface area contributed by atoms with Crippen LogP contribution in [0.5, 0.6) is 17.2 Å². The Morgan fingerprint density at radius 1 is 0.950 bits per heavy atom. The number of ether oxygens (including phenoxy) is 3. The van der Waals surface area contributed by atoms with Gasteiger partial charge in [0.1, 0.15) is 17.9 Å². The molecule has 40 heavy (non-hydrogen) atoms. The zero-order valence-electron chi connectivity index (χ0n) is 20.9. The lowest BCUT2D eigenvalue weighted by Gasteiger charge is -2.08. The maximum Gasteiger partial charge on any atom is 0.282 e. The lowest BCUT2D eigenvalue weighted by molar-refractivity contribution is 0.174. The van der Waals surface area contributed by atoms with Crippen LogP contribution in [0.25, 0.3) is 33.5 Å². The molecule has 6 aromatic rings. The van der Waals surface area contributed by atoms with Gasteiger partial charge in [0, 0.05) is 10.4 Å². The number of para-hydroxylation sites is 1. The molecule has 0 fully saturated rings. The van der Waals surface area contributed by atoms with Gasteiger partial charge >= 0.3 is 0 Å². The summed E-state index contributed by atoms with van der Waals surface area (Å²) in [5, 5.41) is 6.35. The third-order valence-corrected chi connectivity index (χ3v) is 6.73. The van der Waals surface area contributed by atoms with E-state index in [0.29, 0.717) is 39.6 Å². The lowest BCUT2D eigenvalue weighted by atomic mass is 10.2. The van der Waals surface area contributed by atoms with Crippen LogP contribution in [-0.2, 0) is 6.61 Å². The van der Waals surface area contributed by atoms with Gasteiger partial charge in [-0.05, 0) is 83.9 Å². The summed E-state index contributed by atoms with van der Waals surface area (Å²) in [4.78, 5) is 18.2. The highest BCUT2D eigenvalue weighted by Crippen LogP contribution is 2.33. The van der Waals surface area contributed by atoms with Crippen LogP contribution in [0.4, 0.5) is 0 Å². The van der Waals surface area contributed by atoms with Crippen molar-refractivity contribution in [3.8, 4) is 28.8 Å². The van der Waals surface area contributed by atoms with Crippen LogP contribution in [0.2, 0.25) is 5.02 Å². The van der Waals surface area contributed by atoms with E-state index in [1.165, 1.54) is 4.68 Å². The smallest absolute Gasteiger partial charge is 0.282 e. The fourth-order valence-electron chi connectivity index (χ4n) is 4.49. The van der Waals surface area contributed by atoms with Gasteiger partial charge in [0.25, 0.3) is 5.56 Å². The Labute approximate surface area is 232 Å². The monoisotopic (exact) mass is 549 g/mol. The molecule has 9 heteroatoms. The molecular weight excluding hydrogens is 530 g/mol. The Bertz CT molecular complexity index is 1980. The van der Waals surface area contributed by atoms with Gasteiger partial charge in [-0.3, -0.25) is 4.79 Å². The predicted octanol–water partition coefficient (Wildman–Crippen LogP) is 6.65. The van der Waals surface area contributed by atoms with Crippen LogP contribution in [0, 0.1) is 0 Å². The molecule has 0 amide bonds. The number of fused-ring (bicyclic) bond motifs is 3. The van der Waals surface area contributed by atoms with Crippen molar-refractivity contribution in [2.24, 2.45) is 5.10 Å². The van der Waals surface area contributed by atoms with Gasteiger partial charge in [0.2, 0.25) is 12.6 Å². The highest BCUT2D eigenvalue weighted by atomic mass is 35.5. The van der Waals surface area contributed by atoms with Crippen molar-refractivity contribution < 1.29 is 18.6 Å². The average Bonchev–Trinajstić information content (AvgIpc) is 3.62. The lowest BCUT2D eigenvalue weighted by Crippen LogP contribution is -2.20. The molecule has 2 aromatic heterocycles. The fraction of sp³-hybridized carbons (Fsp3) is 0.0645.